The minimum Gasteiger partial charge on any atom is -0.272 e. The van der Waals surface area contributed by atoms with Crippen LogP contribution < -0.4 is 5.43 Å². The number of nitrogens with one attached hydrogen (secondary N) is 1. The number of thioether (sulfide) groups is 1. The van der Waals surface area contributed by atoms with E-state index in [4.69, 9.17) is 0 Å². The summed E-state index contributed by atoms with van der Waals surface area (Å²) in [6, 6.07) is 17.0. The van der Waals surface area contributed by atoms with Crippen LogP contribution >= 0.6 is 27.7 Å². The number of benzene rings is 1. The van der Waals surface area contributed by atoms with Gasteiger partial charge in [-0.25, -0.2) is 5.43 Å². The molecule has 8 nitrogen and oxygen atoms in total. The molecule has 3 aromatic heterocycles. The fraction of sp³-hybridized carbons (Fsp3) is 0.0476. The van der Waals surface area contributed by atoms with E-state index in [1.165, 1.54) is 18.0 Å². The summed E-state index contributed by atoms with van der Waals surface area (Å²) in [5, 5.41) is 13.2. The molecule has 154 valence electrons. The number of aromatic nitrogens is 5. The van der Waals surface area contributed by atoms with Crippen LogP contribution in [0.5, 0.6) is 0 Å². The molecule has 0 bridgehead atoms. The molecule has 0 aliphatic heterocycles. The number of carbonyl (C=O) groups excluding carboxylic acids is 1. The van der Waals surface area contributed by atoms with Gasteiger partial charge in [-0.15, -0.1) is 10.2 Å². The van der Waals surface area contributed by atoms with Crippen molar-refractivity contribution >= 4 is 39.8 Å². The van der Waals surface area contributed by atoms with Crippen molar-refractivity contribution in [1.82, 2.24) is 30.2 Å². The average molecular weight is 494 g/mol. The predicted octanol–water partition coefficient (Wildman–Crippen LogP) is 3.73. The number of nitrogens with zero attached hydrogens (tertiary/aromatic N) is 6. The number of rotatable bonds is 7. The van der Waals surface area contributed by atoms with Gasteiger partial charge in [-0.05, 0) is 48.5 Å². The molecule has 1 aromatic carbocycles. The third kappa shape index (κ3) is 5.41. The number of halogens is 1. The molecule has 10 heteroatoms. The lowest BCUT2D eigenvalue weighted by Crippen LogP contribution is -2.20. The van der Waals surface area contributed by atoms with Gasteiger partial charge in [0.15, 0.2) is 11.0 Å². The summed E-state index contributed by atoms with van der Waals surface area (Å²) in [7, 11) is 0. The molecule has 0 aliphatic carbocycles. The van der Waals surface area contributed by atoms with Crippen LogP contribution in [0.3, 0.4) is 0 Å². The monoisotopic (exact) mass is 493 g/mol. The molecule has 0 atom stereocenters. The summed E-state index contributed by atoms with van der Waals surface area (Å²) >= 11 is 4.73. The van der Waals surface area contributed by atoms with E-state index in [1.807, 2.05) is 53.1 Å². The highest BCUT2D eigenvalue weighted by atomic mass is 79.9. The maximum atomic E-state index is 12.2. The van der Waals surface area contributed by atoms with E-state index in [1.54, 1.807) is 24.7 Å². The maximum Gasteiger partial charge on any atom is 0.250 e. The Hall–Kier alpha value is -3.37. The van der Waals surface area contributed by atoms with Gasteiger partial charge >= 0.3 is 0 Å². The van der Waals surface area contributed by atoms with Crippen LogP contribution in [0.15, 0.2) is 87.9 Å². The summed E-state index contributed by atoms with van der Waals surface area (Å²) < 4.78 is 2.88. The van der Waals surface area contributed by atoms with E-state index in [-0.39, 0.29) is 11.7 Å². The second-order valence-corrected chi connectivity index (χ2v) is 8.05. The lowest BCUT2D eigenvalue weighted by molar-refractivity contribution is -0.118. The first-order valence-corrected chi connectivity index (χ1v) is 11.0. The van der Waals surface area contributed by atoms with Gasteiger partial charge in [-0.1, -0.05) is 33.8 Å². The van der Waals surface area contributed by atoms with Crippen molar-refractivity contribution in [3.8, 4) is 17.1 Å². The normalized spacial score (nSPS) is 11.0. The fourth-order valence-corrected chi connectivity index (χ4v) is 3.67. The molecule has 0 aliphatic rings. The Bertz CT molecular complexity index is 1180. The summed E-state index contributed by atoms with van der Waals surface area (Å²) in [6.45, 7) is 0. The Morgan fingerprint density at radius 3 is 2.61 bits per heavy atom. The number of hydrazone groups is 1. The van der Waals surface area contributed by atoms with Gasteiger partial charge in [0.05, 0.1) is 17.7 Å². The van der Waals surface area contributed by atoms with Crippen LogP contribution in [0.4, 0.5) is 0 Å². The highest BCUT2D eigenvalue weighted by Crippen LogP contribution is 2.28. The molecule has 0 unspecified atom stereocenters. The predicted molar refractivity (Wildman–Crippen MR) is 123 cm³/mol. The van der Waals surface area contributed by atoms with Crippen molar-refractivity contribution in [2.75, 3.05) is 5.75 Å². The molecule has 1 amide bonds. The molecule has 0 saturated carbocycles. The molecule has 0 fully saturated rings. The Balaban J connectivity index is 1.51. The number of amides is 1. The zero-order chi connectivity index (χ0) is 21.5. The van der Waals surface area contributed by atoms with E-state index < -0.39 is 0 Å². The molecule has 0 spiro atoms. The van der Waals surface area contributed by atoms with Gasteiger partial charge in [-0.3, -0.25) is 19.3 Å². The van der Waals surface area contributed by atoms with Crippen molar-refractivity contribution in [1.29, 1.82) is 0 Å². The van der Waals surface area contributed by atoms with Crippen molar-refractivity contribution in [3.05, 3.63) is 83.4 Å². The highest BCUT2D eigenvalue weighted by Gasteiger charge is 2.17. The summed E-state index contributed by atoms with van der Waals surface area (Å²) in [5.74, 6) is 0.540. The smallest absolute Gasteiger partial charge is 0.250 e. The minimum atomic E-state index is -0.256. The van der Waals surface area contributed by atoms with Crippen molar-refractivity contribution in [2.45, 2.75) is 5.16 Å². The summed E-state index contributed by atoms with van der Waals surface area (Å²) in [4.78, 5) is 20.4. The first kappa shape index (κ1) is 20.9. The van der Waals surface area contributed by atoms with Crippen LogP contribution in [0.2, 0.25) is 0 Å². The third-order valence-electron chi connectivity index (χ3n) is 4.06. The van der Waals surface area contributed by atoms with Crippen LogP contribution in [0.25, 0.3) is 17.1 Å². The van der Waals surface area contributed by atoms with Crippen LogP contribution in [-0.2, 0) is 4.79 Å². The van der Waals surface area contributed by atoms with Gasteiger partial charge in [-0.2, -0.15) is 5.10 Å². The molecular weight excluding hydrogens is 478 g/mol. The SMILES string of the molecule is O=C(CSc1nnc(-c2ccncc2)n1-c1ccc(Br)cc1)N/N=C/c1ccccn1. The van der Waals surface area contributed by atoms with E-state index in [0.29, 0.717) is 16.7 Å². The first-order chi connectivity index (χ1) is 15.2. The maximum absolute atomic E-state index is 12.2. The third-order valence-corrected chi connectivity index (χ3v) is 5.52. The van der Waals surface area contributed by atoms with Crippen molar-refractivity contribution in [2.24, 2.45) is 5.10 Å². The Kier molecular flexibility index (Phi) is 6.80. The zero-order valence-electron chi connectivity index (χ0n) is 16.1. The van der Waals surface area contributed by atoms with Gasteiger partial charge in [0, 0.05) is 34.3 Å². The standard InChI is InChI=1S/C21H16BrN7OS/c22-16-4-6-18(7-5-16)29-20(15-8-11-23-12-9-15)27-28-21(29)31-14-19(30)26-25-13-17-3-1-2-10-24-17/h1-13H,14H2,(H,26,30)/b25-13+. The molecule has 1 N–H and O–H groups in total. The second-order valence-electron chi connectivity index (χ2n) is 6.19. The quantitative estimate of drug-likeness (QED) is 0.239. The van der Waals surface area contributed by atoms with E-state index in [2.05, 4.69) is 46.6 Å². The second kappa shape index (κ2) is 10.1. The fourth-order valence-electron chi connectivity index (χ4n) is 2.66. The van der Waals surface area contributed by atoms with E-state index in [9.17, 15) is 4.79 Å². The van der Waals surface area contributed by atoms with Crippen LogP contribution in [-0.4, -0.2) is 42.6 Å². The van der Waals surface area contributed by atoms with Crippen LogP contribution in [0, 0.1) is 0 Å². The summed E-state index contributed by atoms with van der Waals surface area (Å²) in [6.07, 6.45) is 6.56. The van der Waals surface area contributed by atoms with Gasteiger partial charge in [0.2, 0.25) is 0 Å². The van der Waals surface area contributed by atoms with Crippen molar-refractivity contribution in [3.63, 3.8) is 0 Å². The molecule has 4 aromatic rings. The molecule has 31 heavy (non-hydrogen) atoms. The van der Waals surface area contributed by atoms with E-state index in [0.717, 1.165) is 15.7 Å². The highest BCUT2D eigenvalue weighted by molar-refractivity contribution is 9.10. The van der Waals surface area contributed by atoms with Crippen molar-refractivity contribution < 1.29 is 4.79 Å². The first-order valence-electron chi connectivity index (χ1n) is 9.18. The van der Waals surface area contributed by atoms with Crippen LogP contribution in [0.1, 0.15) is 5.69 Å². The largest absolute Gasteiger partial charge is 0.272 e. The van der Waals surface area contributed by atoms with Gasteiger partial charge in [0.25, 0.3) is 5.91 Å². The van der Waals surface area contributed by atoms with E-state index >= 15 is 0 Å². The minimum absolute atomic E-state index is 0.130. The zero-order valence-corrected chi connectivity index (χ0v) is 18.5. The Morgan fingerprint density at radius 2 is 1.87 bits per heavy atom. The average Bonchev–Trinajstić information content (AvgIpc) is 3.23. The Morgan fingerprint density at radius 1 is 1.06 bits per heavy atom. The van der Waals surface area contributed by atoms with Gasteiger partial charge < -0.3 is 0 Å². The summed E-state index contributed by atoms with van der Waals surface area (Å²) in [5.41, 5.74) is 4.93. The number of hydrogen-bond donors (Lipinski definition) is 1. The van der Waals surface area contributed by atoms with Gasteiger partial charge in [0.1, 0.15) is 0 Å². The molecule has 0 saturated heterocycles. The lowest BCUT2D eigenvalue weighted by atomic mass is 10.2. The topological polar surface area (TPSA) is 98.0 Å². The number of pyridine rings is 2. The molecular formula is C21H16BrN7OS. The molecule has 4 rings (SSSR count). The Labute approximate surface area is 191 Å². The lowest BCUT2D eigenvalue weighted by Gasteiger charge is -2.10. The molecule has 3 heterocycles. The number of hydrogen-bond acceptors (Lipinski definition) is 7. The number of carbonyl (C=O) groups is 1. The molecule has 0 radical (unpaired) electrons.